The van der Waals surface area contributed by atoms with Crippen molar-refractivity contribution in [3.8, 4) is 11.5 Å². The molecule has 4 rings (SSSR count). The fourth-order valence-electron chi connectivity index (χ4n) is 3.09. The van der Waals surface area contributed by atoms with E-state index in [9.17, 15) is 4.79 Å². The van der Waals surface area contributed by atoms with Gasteiger partial charge in [0.1, 0.15) is 5.52 Å². The number of thiophene rings is 1. The third kappa shape index (κ3) is 2.99. The molecule has 0 aliphatic carbocycles. The Balaban J connectivity index is 1.52. The second-order valence-electron chi connectivity index (χ2n) is 5.90. The highest BCUT2D eigenvalue weighted by Gasteiger charge is 2.25. The highest BCUT2D eigenvalue weighted by Crippen LogP contribution is 2.40. The van der Waals surface area contributed by atoms with Gasteiger partial charge in [0.2, 0.25) is 0 Å². The zero-order valence-corrected chi connectivity index (χ0v) is 16.2. The SMILES string of the molecule is COc1ccc2sc(N3CCN(C(=O)c4cccs4)CC3)nc2c1OC. The Morgan fingerprint density at radius 3 is 2.58 bits per heavy atom. The fourth-order valence-corrected chi connectivity index (χ4v) is 4.80. The molecular formula is C18H19N3O3S2. The third-order valence-corrected chi connectivity index (χ3v) is 6.40. The van der Waals surface area contributed by atoms with Crippen LogP contribution in [-0.2, 0) is 0 Å². The van der Waals surface area contributed by atoms with Crippen LogP contribution < -0.4 is 14.4 Å². The molecule has 0 atom stereocenters. The van der Waals surface area contributed by atoms with Crippen LogP contribution in [0.4, 0.5) is 5.13 Å². The molecule has 0 N–H and O–H groups in total. The van der Waals surface area contributed by atoms with E-state index < -0.39 is 0 Å². The molecule has 1 aromatic carbocycles. The molecule has 8 heteroatoms. The normalized spacial score (nSPS) is 14.7. The van der Waals surface area contributed by atoms with Crippen molar-refractivity contribution in [2.75, 3.05) is 45.3 Å². The molecule has 0 spiro atoms. The summed E-state index contributed by atoms with van der Waals surface area (Å²) in [6, 6.07) is 7.71. The van der Waals surface area contributed by atoms with Gasteiger partial charge in [-0.2, -0.15) is 0 Å². The smallest absolute Gasteiger partial charge is 0.264 e. The van der Waals surface area contributed by atoms with Crippen LogP contribution in [0.25, 0.3) is 10.2 Å². The molecule has 6 nitrogen and oxygen atoms in total. The summed E-state index contributed by atoms with van der Waals surface area (Å²) in [5.74, 6) is 1.47. The summed E-state index contributed by atoms with van der Waals surface area (Å²) in [4.78, 5) is 22.2. The Labute approximate surface area is 159 Å². The molecular weight excluding hydrogens is 370 g/mol. The first kappa shape index (κ1) is 17.1. The second kappa shape index (κ2) is 7.13. The predicted octanol–water partition coefficient (Wildman–Crippen LogP) is 3.34. The molecule has 1 saturated heterocycles. The highest BCUT2D eigenvalue weighted by atomic mass is 32.1. The zero-order chi connectivity index (χ0) is 18.1. The summed E-state index contributed by atoms with van der Waals surface area (Å²) in [7, 11) is 3.26. The molecule has 0 unspecified atom stereocenters. The average molecular weight is 390 g/mol. The van der Waals surface area contributed by atoms with Gasteiger partial charge in [-0.25, -0.2) is 4.98 Å². The zero-order valence-electron chi connectivity index (χ0n) is 14.6. The maximum absolute atomic E-state index is 12.5. The maximum atomic E-state index is 12.5. The lowest BCUT2D eigenvalue weighted by atomic mass is 10.3. The van der Waals surface area contributed by atoms with E-state index in [1.807, 2.05) is 34.5 Å². The molecule has 0 radical (unpaired) electrons. The minimum Gasteiger partial charge on any atom is -0.493 e. The van der Waals surface area contributed by atoms with Crippen molar-refractivity contribution in [2.45, 2.75) is 0 Å². The Morgan fingerprint density at radius 2 is 1.92 bits per heavy atom. The van der Waals surface area contributed by atoms with Crippen LogP contribution in [0.15, 0.2) is 29.6 Å². The number of thiazole rings is 1. The van der Waals surface area contributed by atoms with Gasteiger partial charge in [-0.3, -0.25) is 4.79 Å². The van der Waals surface area contributed by atoms with Crippen molar-refractivity contribution in [1.29, 1.82) is 0 Å². The first-order valence-electron chi connectivity index (χ1n) is 8.30. The third-order valence-electron chi connectivity index (χ3n) is 4.46. The summed E-state index contributed by atoms with van der Waals surface area (Å²) in [6.45, 7) is 2.95. The van der Waals surface area contributed by atoms with Crippen molar-refractivity contribution in [3.63, 3.8) is 0 Å². The summed E-state index contributed by atoms with van der Waals surface area (Å²) in [5, 5.41) is 2.89. The largest absolute Gasteiger partial charge is 0.493 e. The van der Waals surface area contributed by atoms with E-state index in [-0.39, 0.29) is 5.91 Å². The van der Waals surface area contributed by atoms with E-state index in [1.54, 1.807) is 25.6 Å². The van der Waals surface area contributed by atoms with Gasteiger partial charge < -0.3 is 19.3 Å². The Kier molecular flexibility index (Phi) is 4.69. The van der Waals surface area contributed by atoms with Gasteiger partial charge in [0.15, 0.2) is 16.6 Å². The van der Waals surface area contributed by atoms with Gasteiger partial charge >= 0.3 is 0 Å². The lowest BCUT2D eigenvalue weighted by Crippen LogP contribution is -2.48. The van der Waals surface area contributed by atoms with E-state index in [1.165, 1.54) is 11.3 Å². The van der Waals surface area contributed by atoms with Crippen molar-refractivity contribution in [1.82, 2.24) is 9.88 Å². The minimum atomic E-state index is 0.121. The number of fused-ring (bicyclic) bond motifs is 1. The highest BCUT2D eigenvalue weighted by molar-refractivity contribution is 7.22. The van der Waals surface area contributed by atoms with Crippen molar-refractivity contribution < 1.29 is 14.3 Å². The number of benzene rings is 1. The number of carbonyl (C=O) groups is 1. The van der Waals surface area contributed by atoms with E-state index in [2.05, 4.69) is 4.90 Å². The summed E-state index contributed by atoms with van der Waals surface area (Å²) in [6.07, 6.45) is 0. The Morgan fingerprint density at radius 1 is 1.12 bits per heavy atom. The fraction of sp³-hybridized carbons (Fsp3) is 0.333. The quantitative estimate of drug-likeness (QED) is 0.685. The summed E-state index contributed by atoms with van der Waals surface area (Å²) < 4.78 is 11.9. The van der Waals surface area contributed by atoms with E-state index >= 15 is 0 Å². The maximum Gasteiger partial charge on any atom is 0.264 e. The molecule has 2 aromatic heterocycles. The van der Waals surface area contributed by atoms with Gasteiger partial charge in [0.05, 0.1) is 23.8 Å². The molecule has 136 valence electrons. The number of methoxy groups -OCH3 is 2. The molecule has 26 heavy (non-hydrogen) atoms. The summed E-state index contributed by atoms with van der Waals surface area (Å²) in [5.41, 5.74) is 0.823. The second-order valence-corrected chi connectivity index (χ2v) is 7.86. The number of piperazine rings is 1. The van der Waals surface area contributed by atoms with Gasteiger partial charge in [0.25, 0.3) is 5.91 Å². The lowest BCUT2D eigenvalue weighted by molar-refractivity contribution is 0.0751. The van der Waals surface area contributed by atoms with E-state index in [4.69, 9.17) is 14.5 Å². The molecule has 1 aliphatic heterocycles. The number of rotatable bonds is 4. The van der Waals surface area contributed by atoms with Crippen LogP contribution in [-0.4, -0.2) is 56.2 Å². The number of aromatic nitrogens is 1. The van der Waals surface area contributed by atoms with Gasteiger partial charge in [-0.05, 0) is 23.6 Å². The Hall–Kier alpha value is -2.32. The first-order valence-corrected chi connectivity index (χ1v) is 10.00. The lowest BCUT2D eigenvalue weighted by Gasteiger charge is -2.34. The predicted molar refractivity (Wildman–Crippen MR) is 105 cm³/mol. The molecule has 3 aromatic rings. The van der Waals surface area contributed by atoms with Gasteiger partial charge in [0, 0.05) is 26.2 Å². The topological polar surface area (TPSA) is 54.9 Å². The molecule has 1 amide bonds. The average Bonchev–Trinajstić information content (AvgIpc) is 3.36. The van der Waals surface area contributed by atoms with E-state index in [0.717, 1.165) is 33.3 Å². The molecule has 1 aliphatic rings. The molecule has 3 heterocycles. The van der Waals surface area contributed by atoms with Gasteiger partial charge in [-0.15, -0.1) is 11.3 Å². The van der Waals surface area contributed by atoms with Crippen LogP contribution in [0.1, 0.15) is 9.67 Å². The number of hydrogen-bond donors (Lipinski definition) is 0. The van der Waals surface area contributed by atoms with Crippen LogP contribution in [0.2, 0.25) is 0 Å². The van der Waals surface area contributed by atoms with Crippen molar-refractivity contribution >= 4 is 43.9 Å². The number of ether oxygens (including phenoxy) is 2. The molecule has 0 bridgehead atoms. The molecule has 1 fully saturated rings. The van der Waals surface area contributed by atoms with Crippen LogP contribution in [0.3, 0.4) is 0 Å². The van der Waals surface area contributed by atoms with Crippen LogP contribution in [0, 0.1) is 0 Å². The van der Waals surface area contributed by atoms with Crippen molar-refractivity contribution in [2.24, 2.45) is 0 Å². The number of hydrogen-bond acceptors (Lipinski definition) is 7. The minimum absolute atomic E-state index is 0.121. The first-order chi connectivity index (χ1) is 12.7. The van der Waals surface area contributed by atoms with Crippen molar-refractivity contribution in [3.05, 3.63) is 34.5 Å². The number of nitrogens with zero attached hydrogens (tertiary/aromatic N) is 3. The Bertz CT molecular complexity index is 915. The van der Waals surface area contributed by atoms with E-state index in [0.29, 0.717) is 24.6 Å². The molecule has 0 saturated carbocycles. The number of amides is 1. The van der Waals surface area contributed by atoms with Crippen LogP contribution >= 0.6 is 22.7 Å². The monoisotopic (exact) mass is 389 g/mol. The number of carbonyl (C=O) groups excluding carboxylic acids is 1. The standard InChI is InChI=1S/C18H19N3O3S2/c1-23-12-5-6-13-15(16(12)24-2)19-18(26-13)21-9-7-20(8-10-21)17(22)14-4-3-11-25-14/h3-6,11H,7-10H2,1-2H3. The summed E-state index contributed by atoms with van der Waals surface area (Å²) >= 11 is 3.13. The van der Waals surface area contributed by atoms with Crippen LogP contribution in [0.5, 0.6) is 11.5 Å². The number of anilines is 1. The van der Waals surface area contributed by atoms with Gasteiger partial charge in [-0.1, -0.05) is 17.4 Å².